The molecule has 2 aromatic carbocycles. The molecule has 2 heterocycles. The van der Waals surface area contributed by atoms with Gasteiger partial charge in [0.15, 0.2) is 0 Å². The Bertz CT molecular complexity index is 956. The molecule has 1 unspecified atom stereocenters. The quantitative estimate of drug-likeness (QED) is 0.686. The Morgan fingerprint density at radius 3 is 2.69 bits per heavy atom. The summed E-state index contributed by atoms with van der Waals surface area (Å²) >= 11 is 0. The van der Waals surface area contributed by atoms with Crippen LogP contribution in [0.1, 0.15) is 49.9 Å². The van der Waals surface area contributed by atoms with Crippen molar-refractivity contribution in [1.82, 2.24) is 15.1 Å². The third-order valence-corrected chi connectivity index (χ3v) is 6.72. The molecule has 0 spiro atoms. The van der Waals surface area contributed by atoms with Crippen molar-refractivity contribution in [3.63, 3.8) is 0 Å². The van der Waals surface area contributed by atoms with Crippen LogP contribution in [0.25, 0.3) is 10.9 Å². The highest BCUT2D eigenvalue weighted by Gasteiger charge is 2.24. The first-order valence-electron chi connectivity index (χ1n) is 11.3. The number of anilines is 1. The Morgan fingerprint density at radius 2 is 1.90 bits per heavy atom. The van der Waals surface area contributed by atoms with Crippen molar-refractivity contribution in [1.29, 1.82) is 0 Å². The second-order valence-corrected chi connectivity index (χ2v) is 8.67. The van der Waals surface area contributed by atoms with Gasteiger partial charge in [0.05, 0.1) is 17.3 Å². The van der Waals surface area contributed by atoms with Gasteiger partial charge >= 0.3 is 0 Å². The van der Waals surface area contributed by atoms with Crippen molar-refractivity contribution in [3.05, 3.63) is 59.8 Å². The number of nitrogens with zero attached hydrogens (tertiary/aromatic N) is 3. The second kappa shape index (κ2) is 8.19. The molecule has 4 nitrogen and oxygen atoms in total. The van der Waals surface area contributed by atoms with E-state index in [1.165, 1.54) is 53.5 Å². The number of piperazine rings is 1. The van der Waals surface area contributed by atoms with Gasteiger partial charge < -0.3 is 10.2 Å². The van der Waals surface area contributed by atoms with Crippen molar-refractivity contribution in [2.45, 2.75) is 57.5 Å². The van der Waals surface area contributed by atoms with E-state index in [0.717, 1.165) is 32.5 Å². The lowest BCUT2D eigenvalue weighted by atomic mass is 10.0. The maximum Gasteiger partial charge on any atom is 0.0709 e. The van der Waals surface area contributed by atoms with E-state index < -0.39 is 0 Å². The molecular formula is C25H32N4. The van der Waals surface area contributed by atoms with Gasteiger partial charge in [0.25, 0.3) is 0 Å². The fourth-order valence-corrected chi connectivity index (χ4v) is 5.17. The summed E-state index contributed by atoms with van der Waals surface area (Å²) in [6.45, 7) is 5.38. The van der Waals surface area contributed by atoms with Crippen LogP contribution in [0.15, 0.2) is 48.5 Å². The summed E-state index contributed by atoms with van der Waals surface area (Å²) in [6.07, 6.45) is 7.31. The first-order valence-corrected chi connectivity index (χ1v) is 11.3. The fraction of sp³-hybridized carbons (Fsp3) is 0.480. The highest BCUT2D eigenvalue weighted by molar-refractivity contribution is 5.85. The van der Waals surface area contributed by atoms with Crippen molar-refractivity contribution in [2.24, 2.45) is 0 Å². The van der Waals surface area contributed by atoms with Gasteiger partial charge in [0.2, 0.25) is 0 Å². The van der Waals surface area contributed by atoms with E-state index in [4.69, 9.17) is 5.10 Å². The average molecular weight is 389 g/mol. The number of benzene rings is 2. The molecule has 5 rings (SSSR count). The zero-order chi connectivity index (χ0) is 19.6. The van der Waals surface area contributed by atoms with E-state index >= 15 is 0 Å². The maximum atomic E-state index is 5.03. The molecular weight excluding hydrogens is 356 g/mol. The molecule has 1 saturated carbocycles. The number of hydrogen-bond acceptors (Lipinski definition) is 3. The van der Waals surface area contributed by atoms with Crippen molar-refractivity contribution in [3.8, 4) is 0 Å². The third kappa shape index (κ3) is 3.78. The molecule has 1 aliphatic carbocycles. The normalized spacial score (nSPS) is 20.6. The molecule has 1 N–H and O–H groups in total. The van der Waals surface area contributed by atoms with E-state index in [1.54, 1.807) is 0 Å². The molecule has 3 aromatic rings. The van der Waals surface area contributed by atoms with Gasteiger partial charge in [-0.1, -0.05) is 50.1 Å². The van der Waals surface area contributed by atoms with Crippen LogP contribution in [-0.2, 0) is 12.8 Å². The summed E-state index contributed by atoms with van der Waals surface area (Å²) < 4.78 is 2.36. The summed E-state index contributed by atoms with van der Waals surface area (Å²) in [7, 11) is 0. The zero-order valence-electron chi connectivity index (χ0n) is 17.5. The first-order chi connectivity index (χ1) is 14.3. The molecule has 2 aliphatic rings. The molecule has 152 valence electrons. The topological polar surface area (TPSA) is 33.1 Å². The minimum absolute atomic E-state index is 0.493. The second-order valence-electron chi connectivity index (χ2n) is 8.67. The number of aryl methyl sites for hydroxylation is 1. The molecule has 1 saturated heterocycles. The molecule has 1 aromatic heterocycles. The average Bonchev–Trinajstić information content (AvgIpc) is 3.42. The van der Waals surface area contributed by atoms with Crippen LogP contribution >= 0.6 is 0 Å². The highest BCUT2D eigenvalue weighted by Crippen LogP contribution is 2.34. The smallest absolute Gasteiger partial charge is 0.0709 e. The van der Waals surface area contributed by atoms with E-state index in [1.807, 2.05) is 0 Å². The largest absolute Gasteiger partial charge is 0.369 e. The number of nitrogens with one attached hydrogen (secondary N) is 1. The summed E-state index contributed by atoms with van der Waals surface area (Å²) in [5.74, 6) is 0. The minimum atomic E-state index is 0.493. The Hall–Kier alpha value is -2.33. The number of hydrogen-bond donors (Lipinski definition) is 1. The van der Waals surface area contributed by atoms with Gasteiger partial charge in [-0.05, 0) is 49.4 Å². The summed E-state index contributed by atoms with van der Waals surface area (Å²) in [5, 5.41) is 10.1. The predicted molar refractivity (Wildman–Crippen MR) is 121 cm³/mol. The Kier molecular flexibility index (Phi) is 5.28. The van der Waals surface area contributed by atoms with Gasteiger partial charge in [0.1, 0.15) is 0 Å². The SMILES string of the molecule is CCc1nn(C2CCCC2)c2cc(N3CCNC(Cc4ccccc4)C3)ccc12. The van der Waals surface area contributed by atoms with Crippen LogP contribution in [0.2, 0.25) is 0 Å². The first kappa shape index (κ1) is 18.7. The maximum absolute atomic E-state index is 5.03. The zero-order valence-corrected chi connectivity index (χ0v) is 17.5. The molecule has 0 radical (unpaired) electrons. The van der Waals surface area contributed by atoms with Gasteiger partial charge in [-0.2, -0.15) is 5.10 Å². The van der Waals surface area contributed by atoms with Gasteiger partial charge in [0, 0.05) is 36.7 Å². The van der Waals surface area contributed by atoms with E-state index in [0.29, 0.717) is 12.1 Å². The van der Waals surface area contributed by atoms with Gasteiger partial charge in [-0.15, -0.1) is 0 Å². The van der Waals surface area contributed by atoms with Gasteiger partial charge in [-0.3, -0.25) is 4.68 Å². The molecule has 0 amide bonds. The monoisotopic (exact) mass is 388 g/mol. The lowest BCUT2D eigenvalue weighted by molar-refractivity contribution is 0.454. The number of fused-ring (bicyclic) bond motifs is 1. The van der Waals surface area contributed by atoms with Gasteiger partial charge in [-0.25, -0.2) is 0 Å². The van der Waals surface area contributed by atoms with Crippen LogP contribution in [0.4, 0.5) is 5.69 Å². The molecule has 1 atom stereocenters. The fourth-order valence-electron chi connectivity index (χ4n) is 5.17. The van der Waals surface area contributed by atoms with Crippen LogP contribution in [0, 0.1) is 0 Å². The molecule has 2 fully saturated rings. The Labute approximate surface area is 173 Å². The highest BCUT2D eigenvalue weighted by atomic mass is 15.3. The summed E-state index contributed by atoms with van der Waals surface area (Å²) in [5.41, 5.74) is 5.35. The van der Waals surface area contributed by atoms with Crippen molar-refractivity contribution >= 4 is 16.6 Å². The van der Waals surface area contributed by atoms with Crippen molar-refractivity contribution in [2.75, 3.05) is 24.5 Å². The predicted octanol–water partition coefficient (Wildman–Crippen LogP) is 4.73. The summed E-state index contributed by atoms with van der Waals surface area (Å²) in [6, 6.07) is 19.0. The van der Waals surface area contributed by atoms with Crippen LogP contribution in [0.5, 0.6) is 0 Å². The van der Waals surface area contributed by atoms with Crippen LogP contribution in [-0.4, -0.2) is 35.5 Å². The number of aromatic nitrogens is 2. The Balaban J connectivity index is 1.41. The standard InChI is InChI=1S/C25H32N4/c1-2-24-23-13-12-22(17-25(23)29(27-24)21-10-6-7-11-21)28-15-14-26-20(18-28)16-19-8-4-3-5-9-19/h3-5,8-9,12-13,17,20-21,26H,2,6-7,10-11,14-16,18H2,1H3. The molecule has 1 aliphatic heterocycles. The van der Waals surface area contributed by atoms with Crippen molar-refractivity contribution < 1.29 is 0 Å². The lowest BCUT2D eigenvalue weighted by Gasteiger charge is -2.35. The Morgan fingerprint density at radius 1 is 1.07 bits per heavy atom. The minimum Gasteiger partial charge on any atom is -0.369 e. The summed E-state index contributed by atoms with van der Waals surface area (Å²) in [4.78, 5) is 2.56. The molecule has 29 heavy (non-hydrogen) atoms. The van der Waals surface area contributed by atoms with Crippen LogP contribution in [0.3, 0.4) is 0 Å². The molecule has 4 heteroatoms. The van der Waals surface area contributed by atoms with E-state index in [9.17, 15) is 0 Å². The number of rotatable bonds is 5. The lowest BCUT2D eigenvalue weighted by Crippen LogP contribution is -2.51. The third-order valence-electron chi connectivity index (χ3n) is 6.72. The van der Waals surface area contributed by atoms with E-state index in [2.05, 4.69) is 70.4 Å². The van der Waals surface area contributed by atoms with Crippen LogP contribution < -0.4 is 10.2 Å². The molecule has 0 bridgehead atoms. The van der Waals surface area contributed by atoms with E-state index in [-0.39, 0.29) is 0 Å².